The average molecular weight is 311 g/mol. The largest absolute Gasteiger partial charge is 0.370 e. The molecule has 1 atom stereocenters. The Hall–Kier alpha value is -0.540. The van der Waals surface area contributed by atoms with E-state index >= 15 is 0 Å². The van der Waals surface area contributed by atoms with Gasteiger partial charge in [0.15, 0.2) is 0 Å². The summed E-state index contributed by atoms with van der Waals surface area (Å²) in [5.74, 6) is 0. The second-order valence-electron chi connectivity index (χ2n) is 5.23. The number of benzene rings is 1. The third kappa shape index (κ3) is 3.72. The normalized spacial score (nSPS) is 20.2. The molecule has 1 aromatic rings. The minimum atomic E-state index is 0.651. The fourth-order valence-electron chi connectivity index (χ4n) is 2.63. The van der Waals surface area contributed by atoms with Crippen LogP contribution in [0.4, 0.5) is 5.69 Å². The van der Waals surface area contributed by atoms with Crippen molar-refractivity contribution in [2.24, 2.45) is 0 Å². The number of rotatable bonds is 4. The molecule has 1 N–H and O–H groups in total. The van der Waals surface area contributed by atoms with Crippen molar-refractivity contribution in [3.05, 3.63) is 28.2 Å². The first-order valence-corrected chi connectivity index (χ1v) is 7.74. The Labute approximate surface area is 119 Å². The summed E-state index contributed by atoms with van der Waals surface area (Å²) in [6.45, 7) is 7.84. The summed E-state index contributed by atoms with van der Waals surface area (Å²) >= 11 is 3.59. The molecule has 3 heteroatoms. The lowest BCUT2D eigenvalue weighted by atomic mass is 10.0. The zero-order chi connectivity index (χ0) is 13.0. The molecule has 1 saturated heterocycles. The Bertz CT molecular complexity index is 372. The van der Waals surface area contributed by atoms with E-state index in [0.717, 1.165) is 13.1 Å². The van der Waals surface area contributed by atoms with Crippen LogP contribution in [0.5, 0.6) is 0 Å². The number of nitrogens with zero attached hydrogens (tertiary/aromatic N) is 1. The van der Waals surface area contributed by atoms with Gasteiger partial charge < -0.3 is 10.2 Å². The molecule has 18 heavy (non-hydrogen) atoms. The Kier molecular flexibility index (Phi) is 5.07. The Morgan fingerprint density at radius 1 is 1.39 bits per heavy atom. The van der Waals surface area contributed by atoms with Gasteiger partial charge in [-0.3, -0.25) is 0 Å². The molecule has 1 unspecified atom stereocenters. The van der Waals surface area contributed by atoms with Gasteiger partial charge in [-0.1, -0.05) is 22.9 Å². The number of aryl methyl sites for hydroxylation is 1. The van der Waals surface area contributed by atoms with Gasteiger partial charge in [-0.15, -0.1) is 0 Å². The third-order valence-electron chi connectivity index (χ3n) is 3.50. The van der Waals surface area contributed by atoms with Crippen LogP contribution < -0.4 is 10.2 Å². The highest BCUT2D eigenvalue weighted by atomic mass is 79.9. The van der Waals surface area contributed by atoms with Gasteiger partial charge in [0.2, 0.25) is 0 Å². The lowest BCUT2D eigenvalue weighted by molar-refractivity contribution is 0.423. The molecule has 2 rings (SSSR count). The van der Waals surface area contributed by atoms with E-state index in [1.165, 1.54) is 41.5 Å². The van der Waals surface area contributed by atoms with Gasteiger partial charge in [0.25, 0.3) is 0 Å². The van der Waals surface area contributed by atoms with Crippen LogP contribution in [0.15, 0.2) is 22.7 Å². The maximum Gasteiger partial charge on any atom is 0.0380 e. The van der Waals surface area contributed by atoms with Crippen molar-refractivity contribution in [3.8, 4) is 0 Å². The van der Waals surface area contributed by atoms with Crippen LogP contribution in [0.3, 0.4) is 0 Å². The molecule has 100 valence electrons. The second kappa shape index (κ2) is 6.58. The minimum Gasteiger partial charge on any atom is -0.370 e. The first-order chi connectivity index (χ1) is 8.69. The number of hydrogen-bond donors (Lipinski definition) is 1. The topological polar surface area (TPSA) is 15.3 Å². The van der Waals surface area contributed by atoms with E-state index in [0.29, 0.717) is 6.04 Å². The van der Waals surface area contributed by atoms with Crippen molar-refractivity contribution < 1.29 is 0 Å². The molecule has 1 aliphatic heterocycles. The van der Waals surface area contributed by atoms with Crippen LogP contribution in [0, 0.1) is 6.92 Å². The number of halogens is 1. The Morgan fingerprint density at radius 2 is 2.22 bits per heavy atom. The summed E-state index contributed by atoms with van der Waals surface area (Å²) in [5, 5.41) is 3.65. The van der Waals surface area contributed by atoms with Crippen LogP contribution in [-0.2, 0) is 0 Å². The Morgan fingerprint density at radius 3 is 2.94 bits per heavy atom. The van der Waals surface area contributed by atoms with Gasteiger partial charge in [-0.2, -0.15) is 0 Å². The van der Waals surface area contributed by atoms with E-state index in [1.807, 2.05) is 0 Å². The molecular formula is C15H23BrN2. The zero-order valence-electron chi connectivity index (χ0n) is 11.4. The molecule has 0 saturated carbocycles. The lowest BCUT2D eigenvalue weighted by Crippen LogP contribution is -2.46. The minimum absolute atomic E-state index is 0.651. The summed E-state index contributed by atoms with van der Waals surface area (Å²) in [6, 6.07) is 7.33. The molecule has 0 radical (unpaired) electrons. The summed E-state index contributed by atoms with van der Waals surface area (Å²) in [4.78, 5) is 2.51. The summed E-state index contributed by atoms with van der Waals surface area (Å²) in [7, 11) is 0. The summed E-state index contributed by atoms with van der Waals surface area (Å²) in [6.07, 6.45) is 3.81. The quantitative estimate of drug-likeness (QED) is 0.911. The van der Waals surface area contributed by atoms with Crippen molar-refractivity contribution in [1.29, 1.82) is 0 Å². The molecule has 1 fully saturated rings. The smallest absolute Gasteiger partial charge is 0.0380 e. The fourth-order valence-corrected chi connectivity index (χ4v) is 3.22. The van der Waals surface area contributed by atoms with Gasteiger partial charge in [-0.05, 0) is 56.5 Å². The number of piperidine rings is 1. The predicted octanol–water partition coefficient (Wildman–Crippen LogP) is 3.73. The van der Waals surface area contributed by atoms with Gasteiger partial charge >= 0.3 is 0 Å². The maximum absolute atomic E-state index is 3.65. The third-order valence-corrected chi connectivity index (χ3v) is 3.95. The van der Waals surface area contributed by atoms with E-state index < -0.39 is 0 Å². The number of anilines is 1. The standard InChI is InChI=1S/C15H23BrN2/c1-3-6-17-14-5-4-7-18(11-14)15-9-12(2)8-13(16)10-15/h8-10,14,17H,3-7,11H2,1-2H3. The van der Waals surface area contributed by atoms with Crippen molar-refractivity contribution in [2.45, 2.75) is 39.2 Å². The van der Waals surface area contributed by atoms with Gasteiger partial charge in [0, 0.05) is 29.3 Å². The average Bonchev–Trinajstić information content (AvgIpc) is 2.35. The van der Waals surface area contributed by atoms with E-state index in [9.17, 15) is 0 Å². The van der Waals surface area contributed by atoms with Crippen molar-refractivity contribution in [3.63, 3.8) is 0 Å². The van der Waals surface area contributed by atoms with Crippen molar-refractivity contribution in [2.75, 3.05) is 24.5 Å². The van der Waals surface area contributed by atoms with E-state index in [2.05, 4.69) is 58.2 Å². The van der Waals surface area contributed by atoms with Crippen LogP contribution >= 0.6 is 15.9 Å². The van der Waals surface area contributed by atoms with E-state index in [-0.39, 0.29) is 0 Å². The monoisotopic (exact) mass is 310 g/mol. The summed E-state index contributed by atoms with van der Waals surface area (Å²) in [5.41, 5.74) is 2.67. The first-order valence-electron chi connectivity index (χ1n) is 6.94. The highest BCUT2D eigenvalue weighted by molar-refractivity contribution is 9.10. The Balaban J connectivity index is 2.03. The second-order valence-corrected chi connectivity index (χ2v) is 6.14. The van der Waals surface area contributed by atoms with Crippen LogP contribution in [0.2, 0.25) is 0 Å². The molecule has 1 heterocycles. The van der Waals surface area contributed by atoms with Crippen LogP contribution in [0.1, 0.15) is 31.7 Å². The van der Waals surface area contributed by atoms with E-state index in [4.69, 9.17) is 0 Å². The predicted molar refractivity (Wildman–Crippen MR) is 82.4 cm³/mol. The molecule has 0 aromatic heterocycles. The van der Waals surface area contributed by atoms with Crippen LogP contribution in [-0.4, -0.2) is 25.7 Å². The maximum atomic E-state index is 3.65. The molecule has 2 nitrogen and oxygen atoms in total. The molecule has 0 amide bonds. The van der Waals surface area contributed by atoms with Gasteiger partial charge in [0.1, 0.15) is 0 Å². The lowest BCUT2D eigenvalue weighted by Gasteiger charge is -2.35. The molecule has 0 bridgehead atoms. The fraction of sp³-hybridized carbons (Fsp3) is 0.600. The van der Waals surface area contributed by atoms with Gasteiger partial charge in [-0.25, -0.2) is 0 Å². The molecule has 1 aromatic carbocycles. The van der Waals surface area contributed by atoms with Crippen LogP contribution in [0.25, 0.3) is 0 Å². The molecule has 0 aliphatic carbocycles. The van der Waals surface area contributed by atoms with Crippen molar-refractivity contribution >= 4 is 21.6 Å². The van der Waals surface area contributed by atoms with E-state index in [1.54, 1.807) is 0 Å². The number of nitrogens with one attached hydrogen (secondary N) is 1. The molecular weight excluding hydrogens is 288 g/mol. The highest BCUT2D eigenvalue weighted by Crippen LogP contribution is 2.25. The van der Waals surface area contributed by atoms with Crippen molar-refractivity contribution in [1.82, 2.24) is 5.32 Å². The number of hydrogen-bond acceptors (Lipinski definition) is 2. The molecule has 1 aliphatic rings. The highest BCUT2D eigenvalue weighted by Gasteiger charge is 2.19. The first kappa shape index (κ1) is 13.9. The summed E-state index contributed by atoms with van der Waals surface area (Å²) < 4.78 is 1.18. The SMILES string of the molecule is CCCNC1CCCN(c2cc(C)cc(Br)c2)C1. The molecule has 0 spiro atoms. The zero-order valence-corrected chi connectivity index (χ0v) is 13.0. The van der Waals surface area contributed by atoms with Gasteiger partial charge in [0.05, 0.1) is 0 Å².